The minimum Gasteiger partial charge on any atom is -0.353 e. The van der Waals surface area contributed by atoms with E-state index < -0.39 is 5.51 Å². The number of amides is 2. The summed E-state index contributed by atoms with van der Waals surface area (Å²) in [6, 6.07) is 11.1. The molecule has 0 spiro atoms. The van der Waals surface area contributed by atoms with Gasteiger partial charge in [-0.15, -0.1) is 0 Å². The van der Waals surface area contributed by atoms with Gasteiger partial charge in [-0.3, -0.25) is 0 Å². The highest BCUT2D eigenvalue weighted by Crippen LogP contribution is 2.37. The Morgan fingerprint density at radius 1 is 1.00 bits per heavy atom. The summed E-state index contributed by atoms with van der Waals surface area (Å²) in [7, 11) is 0. The molecule has 1 saturated heterocycles. The van der Waals surface area contributed by atoms with Gasteiger partial charge in [-0.05, 0) is 55.1 Å². The van der Waals surface area contributed by atoms with Crippen LogP contribution in [0.4, 0.5) is 29.5 Å². The van der Waals surface area contributed by atoms with Crippen LogP contribution in [0.3, 0.4) is 0 Å². The van der Waals surface area contributed by atoms with Crippen molar-refractivity contribution in [1.82, 2.24) is 19.4 Å². The van der Waals surface area contributed by atoms with Crippen LogP contribution in [-0.4, -0.2) is 57.2 Å². The van der Waals surface area contributed by atoms with E-state index in [0.717, 1.165) is 11.6 Å². The monoisotopic (exact) mass is 462 g/mol. The molecule has 1 aromatic carbocycles. The average Bonchev–Trinajstić information content (AvgIpc) is 3.29. The molecular formula is C21H21F3N6OS. The number of anilines is 2. The Morgan fingerprint density at radius 2 is 1.62 bits per heavy atom. The second-order valence-electron chi connectivity index (χ2n) is 7.20. The van der Waals surface area contributed by atoms with Gasteiger partial charge in [0.1, 0.15) is 17.5 Å². The molecule has 168 valence electrons. The number of aryl methyl sites for hydroxylation is 1. The molecule has 1 aliphatic rings. The second-order valence-corrected chi connectivity index (χ2v) is 8.34. The molecule has 3 aromatic rings. The van der Waals surface area contributed by atoms with Crippen molar-refractivity contribution in [2.45, 2.75) is 17.3 Å². The molecule has 0 bridgehead atoms. The summed E-state index contributed by atoms with van der Waals surface area (Å²) in [6.45, 7) is 4.05. The zero-order valence-corrected chi connectivity index (χ0v) is 18.0. The van der Waals surface area contributed by atoms with Crippen LogP contribution in [0, 0.1) is 6.92 Å². The van der Waals surface area contributed by atoms with Gasteiger partial charge in [0.25, 0.3) is 0 Å². The first-order valence-corrected chi connectivity index (χ1v) is 10.7. The highest BCUT2D eigenvalue weighted by molar-refractivity contribution is 8.00. The van der Waals surface area contributed by atoms with E-state index in [1.165, 1.54) is 24.3 Å². The van der Waals surface area contributed by atoms with Crippen molar-refractivity contribution in [2.24, 2.45) is 0 Å². The van der Waals surface area contributed by atoms with Crippen molar-refractivity contribution < 1.29 is 18.0 Å². The van der Waals surface area contributed by atoms with Crippen LogP contribution < -0.4 is 10.2 Å². The van der Waals surface area contributed by atoms with E-state index in [4.69, 9.17) is 0 Å². The molecule has 32 heavy (non-hydrogen) atoms. The fourth-order valence-corrected chi connectivity index (χ4v) is 3.94. The fourth-order valence-electron chi connectivity index (χ4n) is 3.40. The topological polar surface area (TPSA) is 66.3 Å². The number of benzene rings is 1. The Kier molecular flexibility index (Phi) is 6.26. The van der Waals surface area contributed by atoms with Crippen LogP contribution in [0.1, 0.15) is 5.82 Å². The second kappa shape index (κ2) is 9.11. The summed E-state index contributed by atoms with van der Waals surface area (Å²) in [5.74, 6) is 2.25. The Hall–Kier alpha value is -3.21. The largest absolute Gasteiger partial charge is 0.446 e. The third-order valence-corrected chi connectivity index (χ3v) is 5.65. The number of rotatable bonds is 4. The van der Waals surface area contributed by atoms with E-state index in [0.29, 0.717) is 37.7 Å². The van der Waals surface area contributed by atoms with E-state index in [1.54, 1.807) is 4.90 Å². The quantitative estimate of drug-likeness (QED) is 0.577. The van der Waals surface area contributed by atoms with Gasteiger partial charge in [0, 0.05) is 55.2 Å². The molecule has 7 nitrogen and oxygen atoms in total. The summed E-state index contributed by atoms with van der Waals surface area (Å²) in [6.07, 6.45) is 3.84. The van der Waals surface area contributed by atoms with Crippen molar-refractivity contribution in [3.05, 3.63) is 60.7 Å². The summed E-state index contributed by atoms with van der Waals surface area (Å²) in [4.78, 5) is 25.4. The Bertz CT molecular complexity index is 1060. The SMILES string of the molecule is Cc1nc(N2CCN(C(=O)Nc3ccc(SC(F)(F)F)cc3)CC2)cc(-n2cccc2)n1. The molecule has 11 heteroatoms. The Morgan fingerprint density at radius 3 is 2.25 bits per heavy atom. The van der Waals surface area contributed by atoms with Crippen LogP contribution in [0.25, 0.3) is 5.82 Å². The lowest BCUT2D eigenvalue weighted by Gasteiger charge is -2.35. The first-order valence-electron chi connectivity index (χ1n) is 9.92. The molecule has 1 N–H and O–H groups in total. The van der Waals surface area contributed by atoms with Crippen LogP contribution in [0.2, 0.25) is 0 Å². The molecule has 0 aliphatic carbocycles. The first kappa shape index (κ1) is 22.0. The number of nitrogens with zero attached hydrogens (tertiary/aromatic N) is 5. The van der Waals surface area contributed by atoms with Crippen LogP contribution in [0.5, 0.6) is 0 Å². The number of hydrogen-bond donors (Lipinski definition) is 1. The van der Waals surface area contributed by atoms with Gasteiger partial charge < -0.3 is 19.7 Å². The van der Waals surface area contributed by atoms with Crippen molar-refractivity contribution in [2.75, 3.05) is 36.4 Å². The van der Waals surface area contributed by atoms with Crippen LogP contribution >= 0.6 is 11.8 Å². The molecule has 1 aliphatic heterocycles. The highest BCUT2D eigenvalue weighted by atomic mass is 32.2. The minimum absolute atomic E-state index is 0.0727. The number of thioether (sulfide) groups is 1. The molecule has 4 rings (SSSR count). The lowest BCUT2D eigenvalue weighted by Crippen LogP contribution is -2.50. The van der Waals surface area contributed by atoms with Crippen molar-refractivity contribution in [1.29, 1.82) is 0 Å². The number of alkyl halides is 3. The lowest BCUT2D eigenvalue weighted by atomic mass is 10.3. The number of aromatic nitrogens is 3. The van der Waals surface area contributed by atoms with Crippen molar-refractivity contribution >= 4 is 29.3 Å². The highest BCUT2D eigenvalue weighted by Gasteiger charge is 2.29. The number of urea groups is 1. The predicted molar refractivity (Wildman–Crippen MR) is 117 cm³/mol. The van der Waals surface area contributed by atoms with Gasteiger partial charge in [-0.1, -0.05) is 0 Å². The molecule has 3 heterocycles. The normalized spacial score (nSPS) is 14.5. The van der Waals surface area contributed by atoms with Crippen molar-refractivity contribution in [3.8, 4) is 5.82 Å². The summed E-state index contributed by atoms with van der Waals surface area (Å²) in [5, 5.41) is 2.74. The van der Waals surface area contributed by atoms with Gasteiger partial charge in [-0.25, -0.2) is 14.8 Å². The lowest BCUT2D eigenvalue weighted by molar-refractivity contribution is -0.0328. The van der Waals surface area contributed by atoms with E-state index in [1.807, 2.05) is 42.1 Å². The number of carbonyl (C=O) groups is 1. The first-order chi connectivity index (χ1) is 15.3. The fraction of sp³-hybridized carbons (Fsp3) is 0.286. The molecule has 2 amide bonds. The average molecular weight is 463 g/mol. The van der Waals surface area contributed by atoms with Gasteiger partial charge >= 0.3 is 11.5 Å². The molecule has 1 fully saturated rings. The Labute approximate surface area is 187 Å². The number of halogens is 3. The van der Waals surface area contributed by atoms with Crippen LogP contribution in [-0.2, 0) is 0 Å². The summed E-state index contributed by atoms with van der Waals surface area (Å²) < 4.78 is 39.2. The molecule has 0 unspecified atom stereocenters. The Balaban J connectivity index is 1.34. The van der Waals surface area contributed by atoms with Gasteiger partial charge in [-0.2, -0.15) is 13.2 Å². The van der Waals surface area contributed by atoms with E-state index >= 15 is 0 Å². The maximum Gasteiger partial charge on any atom is 0.446 e. The molecule has 0 saturated carbocycles. The number of carbonyl (C=O) groups excluding carboxylic acids is 1. The molecular weight excluding hydrogens is 441 g/mol. The van der Waals surface area contributed by atoms with Gasteiger partial charge in [0.05, 0.1) is 0 Å². The van der Waals surface area contributed by atoms with E-state index in [2.05, 4.69) is 20.2 Å². The van der Waals surface area contributed by atoms with E-state index in [-0.39, 0.29) is 22.7 Å². The van der Waals surface area contributed by atoms with Crippen molar-refractivity contribution in [3.63, 3.8) is 0 Å². The zero-order valence-electron chi connectivity index (χ0n) is 17.2. The maximum atomic E-state index is 12.6. The smallest absolute Gasteiger partial charge is 0.353 e. The standard InChI is InChI=1S/C21H21F3N6OS/c1-15-25-18(28-8-2-3-9-28)14-19(26-15)29-10-12-30(13-11-29)20(31)27-16-4-6-17(7-5-16)32-21(22,23)24/h2-9,14H,10-13H2,1H3,(H,27,31). The number of hydrogen-bond acceptors (Lipinski definition) is 5. The molecule has 0 atom stereocenters. The number of nitrogens with one attached hydrogen (secondary N) is 1. The predicted octanol–water partition coefficient (Wildman–Crippen LogP) is 4.54. The summed E-state index contributed by atoms with van der Waals surface area (Å²) >= 11 is -0.185. The molecule has 0 radical (unpaired) electrons. The van der Waals surface area contributed by atoms with Crippen LogP contribution in [0.15, 0.2) is 59.8 Å². The van der Waals surface area contributed by atoms with Gasteiger partial charge in [0.15, 0.2) is 0 Å². The number of piperazine rings is 1. The summed E-state index contributed by atoms with van der Waals surface area (Å²) in [5.41, 5.74) is -3.89. The van der Waals surface area contributed by atoms with E-state index in [9.17, 15) is 18.0 Å². The molecule has 2 aromatic heterocycles. The minimum atomic E-state index is -4.34. The third kappa shape index (κ3) is 5.52. The zero-order chi connectivity index (χ0) is 22.7. The maximum absolute atomic E-state index is 12.6. The van der Waals surface area contributed by atoms with Gasteiger partial charge in [0.2, 0.25) is 0 Å². The third-order valence-electron chi connectivity index (χ3n) is 4.91.